The first-order valence-electron chi connectivity index (χ1n) is 13.6. The van der Waals surface area contributed by atoms with Crippen LogP contribution in [0.5, 0.6) is 0 Å². The predicted octanol–water partition coefficient (Wildman–Crippen LogP) is 3.52. The number of rotatable bonds is 18. The van der Waals surface area contributed by atoms with Crippen LogP contribution in [0.25, 0.3) is 0 Å². The van der Waals surface area contributed by atoms with Crippen LogP contribution in [0, 0.1) is 11.8 Å². The lowest BCUT2D eigenvalue weighted by molar-refractivity contribution is -0.873. The standard InChI is InChI=1S/C29H45NO8/c1-5-6-7-8-9-10-11-12-13-14-22(36-34)15-16-24-25(27-20-26(24)37-38-27)17-18-29(33)35-23(19-28(31)32)21-30(2,3)4/h6-7,9-10,12-13,15-16,22-27H,5,8,11,14,17-21H2,1-4H3,(H-,31,32,34)/b7-6+,10-9+,13-12+,16-15-. The molecule has 1 aliphatic carbocycles. The molecule has 6 atom stereocenters. The van der Waals surface area contributed by atoms with Crippen LogP contribution >= 0.6 is 0 Å². The fourth-order valence-corrected chi connectivity index (χ4v) is 4.90. The lowest BCUT2D eigenvalue weighted by atomic mass is 9.88. The normalized spacial score (nSPS) is 25.3. The van der Waals surface area contributed by atoms with Crippen LogP contribution in [0.1, 0.15) is 58.3 Å². The number of carbonyl (C=O) groups excluding carboxylic acids is 2. The zero-order valence-corrected chi connectivity index (χ0v) is 23.2. The number of hydrogen-bond donors (Lipinski definition) is 1. The Morgan fingerprint density at radius 1 is 1.05 bits per heavy atom. The number of hydrogen-bond acceptors (Lipinski definition) is 8. The highest BCUT2D eigenvalue weighted by Gasteiger charge is 2.49. The first kappa shape index (κ1) is 31.9. The molecule has 2 rings (SSSR count). The lowest BCUT2D eigenvalue weighted by Crippen LogP contribution is -2.45. The maximum absolute atomic E-state index is 12.6. The number of nitrogens with zero attached hydrogens (tertiary/aromatic N) is 1. The Kier molecular flexibility index (Phi) is 14.0. The van der Waals surface area contributed by atoms with E-state index >= 15 is 0 Å². The molecule has 0 aromatic rings. The average Bonchev–Trinajstić information content (AvgIpc) is 3.44. The molecule has 9 nitrogen and oxygen atoms in total. The first-order valence-corrected chi connectivity index (χ1v) is 13.6. The number of fused-ring (bicyclic) bond motifs is 2. The molecule has 1 N–H and O–H groups in total. The van der Waals surface area contributed by atoms with Crippen molar-refractivity contribution in [1.82, 2.24) is 0 Å². The molecule has 0 aromatic heterocycles. The van der Waals surface area contributed by atoms with Gasteiger partial charge in [0.25, 0.3) is 0 Å². The summed E-state index contributed by atoms with van der Waals surface area (Å²) >= 11 is 0. The van der Waals surface area contributed by atoms with Crippen molar-refractivity contribution in [2.24, 2.45) is 11.8 Å². The zero-order valence-electron chi connectivity index (χ0n) is 23.2. The zero-order chi connectivity index (χ0) is 28.0. The van der Waals surface area contributed by atoms with Gasteiger partial charge in [0.2, 0.25) is 0 Å². The minimum absolute atomic E-state index is 0.00699. The topological polar surface area (TPSA) is 114 Å². The van der Waals surface area contributed by atoms with Crippen LogP contribution in [-0.2, 0) is 29.0 Å². The van der Waals surface area contributed by atoms with E-state index in [1.165, 1.54) is 0 Å². The number of aliphatic carboxylic acids is 1. The van der Waals surface area contributed by atoms with Crippen LogP contribution in [0.15, 0.2) is 48.6 Å². The molecule has 0 aromatic carbocycles. The highest BCUT2D eigenvalue weighted by molar-refractivity contribution is 5.71. The number of carbonyl (C=O) groups is 2. The fourth-order valence-electron chi connectivity index (χ4n) is 4.90. The van der Waals surface area contributed by atoms with Crippen molar-refractivity contribution in [2.75, 3.05) is 27.7 Å². The van der Waals surface area contributed by atoms with Crippen LogP contribution in [0.4, 0.5) is 0 Å². The second kappa shape index (κ2) is 16.6. The van der Waals surface area contributed by atoms with E-state index in [-0.39, 0.29) is 36.9 Å². The van der Waals surface area contributed by atoms with Crippen LogP contribution in [0.3, 0.4) is 0 Å². The Morgan fingerprint density at radius 3 is 2.34 bits per heavy atom. The second-order valence-electron chi connectivity index (χ2n) is 11.0. The van der Waals surface area contributed by atoms with Gasteiger partial charge in [0.05, 0.1) is 27.2 Å². The van der Waals surface area contributed by atoms with Gasteiger partial charge in [0, 0.05) is 31.1 Å². The van der Waals surface area contributed by atoms with Gasteiger partial charge >= 0.3 is 5.97 Å². The van der Waals surface area contributed by atoms with E-state index in [4.69, 9.17) is 14.5 Å². The summed E-state index contributed by atoms with van der Waals surface area (Å²) in [6.07, 6.45) is 19.2. The molecule has 2 bridgehead atoms. The molecule has 38 heavy (non-hydrogen) atoms. The van der Waals surface area contributed by atoms with Crippen molar-refractivity contribution >= 4 is 11.9 Å². The third-order valence-electron chi connectivity index (χ3n) is 6.63. The number of likely N-dealkylation sites (N-methyl/N-ethyl adjacent to an activating group) is 1. The Balaban J connectivity index is 1.86. The van der Waals surface area contributed by atoms with Gasteiger partial charge in [-0.2, -0.15) is 0 Å². The molecule has 9 heteroatoms. The predicted molar refractivity (Wildman–Crippen MR) is 141 cm³/mol. The Hall–Kier alpha value is -2.30. The summed E-state index contributed by atoms with van der Waals surface area (Å²) in [5.41, 5.74) is 0. The summed E-state index contributed by atoms with van der Waals surface area (Å²) in [5.74, 6) is -1.63. The van der Waals surface area contributed by atoms with E-state index in [2.05, 4.69) is 36.1 Å². The van der Waals surface area contributed by atoms with Gasteiger partial charge in [-0.15, -0.1) is 0 Å². The Morgan fingerprint density at radius 2 is 1.71 bits per heavy atom. The van der Waals surface area contributed by atoms with E-state index < -0.39 is 24.1 Å². The molecule has 0 amide bonds. The molecular formula is C29H45NO8. The molecule has 6 unspecified atom stereocenters. The fraction of sp³-hybridized carbons (Fsp3) is 0.655. The van der Waals surface area contributed by atoms with E-state index in [1.54, 1.807) is 0 Å². The van der Waals surface area contributed by atoms with Crippen molar-refractivity contribution in [3.05, 3.63) is 48.6 Å². The average molecular weight is 536 g/mol. The van der Waals surface area contributed by atoms with Crippen LogP contribution in [0.2, 0.25) is 0 Å². The summed E-state index contributed by atoms with van der Waals surface area (Å²) in [6, 6.07) is 0. The molecule has 1 saturated carbocycles. The number of carboxylic acids is 1. The SMILES string of the molecule is CC/C=C/C/C=C/C/C=C/CC(/C=C\C1C2CC(OO2)C1CCC(=O)OC(CC(=O)[O-])C[N+](C)(C)C)OO. The van der Waals surface area contributed by atoms with Gasteiger partial charge in [-0.05, 0) is 38.0 Å². The van der Waals surface area contributed by atoms with Gasteiger partial charge in [0.1, 0.15) is 18.8 Å². The summed E-state index contributed by atoms with van der Waals surface area (Å²) in [4.78, 5) is 39.1. The second-order valence-corrected chi connectivity index (χ2v) is 11.0. The molecular weight excluding hydrogens is 490 g/mol. The maximum Gasteiger partial charge on any atom is 0.306 e. The van der Waals surface area contributed by atoms with Gasteiger partial charge in [0.15, 0.2) is 6.10 Å². The van der Waals surface area contributed by atoms with Gasteiger partial charge in [-0.1, -0.05) is 55.5 Å². The molecule has 1 aliphatic heterocycles. The molecule has 214 valence electrons. The minimum atomic E-state index is -1.24. The molecule has 2 fully saturated rings. The molecule has 0 radical (unpaired) electrons. The monoisotopic (exact) mass is 535 g/mol. The molecule has 2 aliphatic rings. The summed E-state index contributed by atoms with van der Waals surface area (Å²) in [7, 11) is 5.72. The molecule has 1 saturated heterocycles. The van der Waals surface area contributed by atoms with Crippen molar-refractivity contribution in [3.8, 4) is 0 Å². The van der Waals surface area contributed by atoms with E-state index in [9.17, 15) is 20.0 Å². The third-order valence-corrected chi connectivity index (χ3v) is 6.63. The van der Waals surface area contributed by atoms with Crippen molar-refractivity contribution in [2.45, 2.75) is 82.7 Å². The number of esters is 1. The van der Waals surface area contributed by atoms with Gasteiger partial charge in [-0.3, -0.25) is 10.1 Å². The Bertz CT molecular complexity index is 844. The highest BCUT2D eigenvalue weighted by Crippen LogP contribution is 2.45. The van der Waals surface area contributed by atoms with Crippen molar-refractivity contribution in [3.63, 3.8) is 0 Å². The molecule has 1 heterocycles. The van der Waals surface area contributed by atoms with E-state index in [0.717, 1.165) is 25.7 Å². The number of allylic oxidation sites excluding steroid dienone is 5. The van der Waals surface area contributed by atoms with Gasteiger partial charge < -0.3 is 19.1 Å². The van der Waals surface area contributed by atoms with Crippen molar-refractivity contribution < 1.29 is 43.8 Å². The smallest absolute Gasteiger partial charge is 0.306 e. The largest absolute Gasteiger partial charge is 0.550 e. The van der Waals surface area contributed by atoms with E-state index in [1.807, 2.05) is 45.4 Å². The summed E-state index contributed by atoms with van der Waals surface area (Å²) in [5, 5.41) is 20.4. The highest BCUT2D eigenvalue weighted by atomic mass is 17.2. The minimum Gasteiger partial charge on any atom is -0.550 e. The number of ether oxygens (including phenoxy) is 1. The third kappa shape index (κ3) is 12.0. The Labute approximate surface area is 226 Å². The maximum atomic E-state index is 12.6. The van der Waals surface area contributed by atoms with Crippen LogP contribution < -0.4 is 5.11 Å². The van der Waals surface area contributed by atoms with Crippen molar-refractivity contribution in [1.29, 1.82) is 0 Å². The number of carboxylic acid groups (broad SMARTS) is 1. The van der Waals surface area contributed by atoms with E-state index in [0.29, 0.717) is 23.9 Å². The van der Waals surface area contributed by atoms with Crippen LogP contribution in [-0.4, -0.2) is 73.8 Å². The van der Waals surface area contributed by atoms with Gasteiger partial charge in [-0.25, -0.2) is 14.7 Å². The first-order chi connectivity index (χ1) is 18.1. The molecule has 0 spiro atoms. The number of quaternary nitrogens is 1. The lowest BCUT2D eigenvalue weighted by Gasteiger charge is -2.30. The summed E-state index contributed by atoms with van der Waals surface area (Å²) < 4.78 is 5.96. The quantitative estimate of drug-likeness (QED) is 0.0932. The summed E-state index contributed by atoms with van der Waals surface area (Å²) in [6.45, 7) is 2.49.